The summed E-state index contributed by atoms with van der Waals surface area (Å²) in [5, 5.41) is 31.7. The van der Waals surface area contributed by atoms with Gasteiger partial charge in [0.15, 0.2) is 5.69 Å². The molecule has 3 N–H and O–H groups in total. The lowest BCUT2D eigenvalue weighted by molar-refractivity contribution is 0.0693. The number of thiazole rings is 2. The minimum atomic E-state index is -1.42. The van der Waals surface area contributed by atoms with Crippen molar-refractivity contribution < 1.29 is 24.2 Å². The highest BCUT2D eigenvalue weighted by molar-refractivity contribution is 7.16. The van der Waals surface area contributed by atoms with Gasteiger partial charge >= 0.3 is 5.97 Å². The SMILES string of the molecule is Cc1nc(CNC(=O)c2cccnn2)sc1-c1csc(-c2cc(O)c(C(=O)O)cc2F)n1. The summed E-state index contributed by atoms with van der Waals surface area (Å²) in [6, 6.07) is 4.99. The second kappa shape index (κ2) is 8.77. The van der Waals surface area contributed by atoms with Crippen molar-refractivity contribution >= 4 is 34.6 Å². The van der Waals surface area contributed by atoms with Gasteiger partial charge in [-0.15, -0.1) is 27.8 Å². The number of aromatic hydroxyl groups is 1. The van der Waals surface area contributed by atoms with Gasteiger partial charge in [-0.25, -0.2) is 19.2 Å². The summed E-state index contributed by atoms with van der Waals surface area (Å²) in [4.78, 5) is 32.8. The third-order valence-electron chi connectivity index (χ3n) is 4.33. The molecule has 4 aromatic rings. The molecule has 1 amide bonds. The molecule has 12 heteroatoms. The number of carbonyl (C=O) groups excluding carboxylic acids is 1. The number of aryl methyl sites for hydroxylation is 1. The number of carbonyl (C=O) groups is 2. The van der Waals surface area contributed by atoms with E-state index in [4.69, 9.17) is 5.11 Å². The Labute approximate surface area is 188 Å². The summed E-state index contributed by atoms with van der Waals surface area (Å²) >= 11 is 2.49. The van der Waals surface area contributed by atoms with E-state index in [2.05, 4.69) is 25.5 Å². The summed E-state index contributed by atoms with van der Waals surface area (Å²) in [6.07, 6.45) is 1.48. The number of carboxylic acids is 1. The maximum atomic E-state index is 14.4. The topological polar surface area (TPSA) is 138 Å². The lowest BCUT2D eigenvalue weighted by Gasteiger charge is -2.04. The van der Waals surface area contributed by atoms with Gasteiger partial charge in [0.05, 0.1) is 22.8 Å². The third kappa shape index (κ3) is 4.31. The Hall–Kier alpha value is -3.77. The zero-order chi connectivity index (χ0) is 22.8. The largest absolute Gasteiger partial charge is 0.507 e. The third-order valence-corrected chi connectivity index (χ3v) is 6.38. The molecule has 0 bridgehead atoms. The Balaban J connectivity index is 1.54. The molecule has 0 aliphatic heterocycles. The molecule has 3 heterocycles. The molecule has 0 saturated carbocycles. The summed E-state index contributed by atoms with van der Waals surface area (Å²) in [5.74, 6) is -3.13. The normalized spacial score (nSPS) is 10.8. The lowest BCUT2D eigenvalue weighted by atomic mass is 10.1. The molecule has 0 unspecified atom stereocenters. The number of phenols is 1. The van der Waals surface area contributed by atoms with Gasteiger partial charge in [0.1, 0.15) is 27.1 Å². The van der Waals surface area contributed by atoms with Crippen molar-refractivity contribution in [1.82, 2.24) is 25.5 Å². The molecule has 0 radical (unpaired) electrons. The Morgan fingerprint density at radius 2 is 2.06 bits per heavy atom. The minimum absolute atomic E-state index is 0.00220. The van der Waals surface area contributed by atoms with Crippen molar-refractivity contribution in [3.63, 3.8) is 0 Å². The number of amides is 1. The van der Waals surface area contributed by atoms with E-state index in [0.717, 1.165) is 28.3 Å². The molecule has 0 spiro atoms. The van der Waals surface area contributed by atoms with Crippen molar-refractivity contribution in [3.8, 4) is 26.9 Å². The zero-order valence-corrected chi connectivity index (χ0v) is 18.0. The van der Waals surface area contributed by atoms with Gasteiger partial charge in [0.25, 0.3) is 5.91 Å². The summed E-state index contributed by atoms with van der Waals surface area (Å²) < 4.78 is 14.4. The van der Waals surface area contributed by atoms with Crippen LogP contribution in [-0.4, -0.2) is 42.3 Å². The van der Waals surface area contributed by atoms with Crippen LogP contribution < -0.4 is 5.32 Å². The van der Waals surface area contributed by atoms with Crippen molar-refractivity contribution in [2.24, 2.45) is 0 Å². The molecule has 32 heavy (non-hydrogen) atoms. The van der Waals surface area contributed by atoms with Crippen molar-refractivity contribution in [1.29, 1.82) is 0 Å². The van der Waals surface area contributed by atoms with Crippen molar-refractivity contribution in [2.45, 2.75) is 13.5 Å². The predicted molar refractivity (Wildman–Crippen MR) is 115 cm³/mol. The zero-order valence-electron chi connectivity index (χ0n) is 16.4. The molecule has 1 aromatic carbocycles. The van der Waals surface area contributed by atoms with Crippen LogP contribution in [0.4, 0.5) is 4.39 Å². The summed E-state index contributed by atoms with van der Waals surface area (Å²) in [7, 11) is 0. The van der Waals surface area contributed by atoms with Crippen LogP contribution in [0, 0.1) is 12.7 Å². The highest BCUT2D eigenvalue weighted by atomic mass is 32.1. The highest BCUT2D eigenvalue weighted by Gasteiger charge is 2.19. The molecular formula is C20H14FN5O4S2. The standard InChI is InChI=1S/C20H14FN5O4S2/c1-9-17(32-16(24-9)7-22-18(28)13-3-2-4-23-26-13)14-8-31-19(25-14)10-6-15(27)11(20(29)30)5-12(10)21/h2-6,8,27H,7H2,1H3,(H,22,28)(H,29,30). The number of carboxylic acid groups (broad SMARTS) is 1. The first-order valence-electron chi connectivity index (χ1n) is 9.07. The molecule has 162 valence electrons. The van der Waals surface area contributed by atoms with Crippen LogP contribution in [0.5, 0.6) is 5.75 Å². The van der Waals surface area contributed by atoms with Crippen LogP contribution in [-0.2, 0) is 6.54 Å². The van der Waals surface area contributed by atoms with Crippen LogP contribution >= 0.6 is 22.7 Å². The van der Waals surface area contributed by atoms with E-state index in [0.29, 0.717) is 16.4 Å². The van der Waals surface area contributed by atoms with E-state index >= 15 is 0 Å². The fraction of sp³-hybridized carbons (Fsp3) is 0.100. The first-order valence-corrected chi connectivity index (χ1v) is 10.8. The quantitative estimate of drug-likeness (QED) is 0.388. The molecule has 0 saturated heterocycles. The van der Waals surface area contributed by atoms with Gasteiger partial charge < -0.3 is 15.5 Å². The summed E-state index contributed by atoms with van der Waals surface area (Å²) in [6.45, 7) is 1.99. The number of hydrogen-bond donors (Lipinski definition) is 3. The van der Waals surface area contributed by atoms with Crippen LogP contribution in [0.3, 0.4) is 0 Å². The smallest absolute Gasteiger partial charge is 0.339 e. The number of benzene rings is 1. The molecule has 9 nitrogen and oxygen atoms in total. The molecule has 4 rings (SSSR count). The van der Waals surface area contributed by atoms with E-state index in [1.165, 1.54) is 17.5 Å². The number of aromatic nitrogens is 4. The lowest BCUT2D eigenvalue weighted by Crippen LogP contribution is -2.23. The maximum Gasteiger partial charge on any atom is 0.339 e. The van der Waals surface area contributed by atoms with E-state index in [1.54, 1.807) is 24.4 Å². The number of halogens is 1. The van der Waals surface area contributed by atoms with Crippen LogP contribution in [0.1, 0.15) is 31.5 Å². The van der Waals surface area contributed by atoms with Gasteiger partial charge in [-0.05, 0) is 31.2 Å². The molecule has 0 atom stereocenters. The fourth-order valence-electron chi connectivity index (χ4n) is 2.83. The Morgan fingerprint density at radius 1 is 1.25 bits per heavy atom. The molecular weight excluding hydrogens is 457 g/mol. The van der Waals surface area contributed by atoms with Gasteiger partial charge in [0, 0.05) is 17.1 Å². The number of rotatable bonds is 6. The first-order chi connectivity index (χ1) is 15.3. The average Bonchev–Trinajstić information content (AvgIpc) is 3.40. The number of nitrogens with zero attached hydrogens (tertiary/aromatic N) is 4. The number of hydrogen-bond acceptors (Lipinski definition) is 9. The number of nitrogens with one attached hydrogen (secondary N) is 1. The van der Waals surface area contributed by atoms with Crippen LogP contribution in [0.2, 0.25) is 0 Å². The van der Waals surface area contributed by atoms with Gasteiger partial charge in [-0.1, -0.05) is 0 Å². The highest BCUT2D eigenvalue weighted by Crippen LogP contribution is 2.36. The molecule has 0 aliphatic carbocycles. The molecule has 0 aliphatic rings. The second-order valence-corrected chi connectivity index (χ2v) is 8.45. The fourth-order valence-corrected chi connectivity index (χ4v) is 4.70. The Kier molecular flexibility index (Phi) is 5.88. The maximum absolute atomic E-state index is 14.4. The summed E-state index contributed by atoms with van der Waals surface area (Å²) in [5.41, 5.74) is 0.939. The first kappa shape index (κ1) is 21.5. The van der Waals surface area contributed by atoms with E-state index in [-0.39, 0.29) is 28.7 Å². The van der Waals surface area contributed by atoms with Crippen LogP contribution in [0.25, 0.3) is 21.1 Å². The Morgan fingerprint density at radius 3 is 2.78 bits per heavy atom. The van der Waals surface area contributed by atoms with E-state index < -0.39 is 23.1 Å². The van der Waals surface area contributed by atoms with Crippen molar-refractivity contribution in [2.75, 3.05) is 0 Å². The van der Waals surface area contributed by atoms with Gasteiger partial charge in [-0.3, -0.25) is 4.79 Å². The molecule has 3 aromatic heterocycles. The number of aromatic carboxylic acids is 1. The monoisotopic (exact) mass is 471 g/mol. The van der Waals surface area contributed by atoms with Gasteiger partial charge in [0.2, 0.25) is 0 Å². The van der Waals surface area contributed by atoms with Crippen molar-refractivity contribution in [3.05, 3.63) is 63.6 Å². The van der Waals surface area contributed by atoms with Crippen LogP contribution in [0.15, 0.2) is 35.8 Å². The minimum Gasteiger partial charge on any atom is -0.507 e. The van der Waals surface area contributed by atoms with E-state index in [9.17, 15) is 19.1 Å². The predicted octanol–water partition coefficient (Wildman–Crippen LogP) is 3.50. The second-order valence-electron chi connectivity index (χ2n) is 6.51. The van der Waals surface area contributed by atoms with E-state index in [1.807, 2.05) is 0 Å². The Bertz CT molecular complexity index is 1320. The molecule has 0 fully saturated rings. The average molecular weight is 471 g/mol. The van der Waals surface area contributed by atoms with Gasteiger partial charge in [-0.2, -0.15) is 5.10 Å².